The van der Waals surface area contributed by atoms with E-state index in [-0.39, 0.29) is 5.24 Å². The van der Waals surface area contributed by atoms with Crippen molar-refractivity contribution < 1.29 is 4.79 Å². The Morgan fingerprint density at radius 1 is 1.15 bits per heavy atom. The van der Waals surface area contributed by atoms with Gasteiger partial charge < -0.3 is 0 Å². The smallest absolute Gasteiger partial charge is 0.280 e. The number of thioether (sulfide) groups is 1. The van der Waals surface area contributed by atoms with E-state index in [1.165, 1.54) is 31.0 Å². The fourth-order valence-electron chi connectivity index (χ4n) is 2.28. The molecule has 0 spiro atoms. The molecule has 1 N–H and O–H groups in total. The molecule has 1 aromatic carbocycles. The summed E-state index contributed by atoms with van der Waals surface area (Å²) in [6, 6.07) is 7.65. The van der Waals surface area contributed by atoms with E-state index in [0.717, 1.165) is 36.5 Å². The second-order valence-electron chi connectivity index (χ2n) is 5.03. The molecular formula is C15H21ClN2OS. The van der Waals surface area contributed by atoms with Crippen LogP contribution in [0.5, 0.6) is 0 Å². The van der Waals surface area contributed by atoms with Crippen LogP contribution in [0.3, 0.4) is 0 Å². The molecular weight excluding hydrogens is 292 g/mol. The molecule has 1 aliphatic rings. The third kappa shape index (κ3) is 5.35. The molecule has 0 radical (unpaired) electrons. The number of hydrogen-bond donors (Lipinski definition) is 1. The highest BCUT2D eigenvalue weighted by Gasteiger charge is 2.12. The van der Waals surface area contributed by atoms with Crippen LogP contribution in [0.2, 0.25) is 5.02 Å². The van der Waals surface area contributed by atoms with E-state index < -0.39 is 0 Å². The third-order valence-corrected chi connectivity index (χ3v) is 4.60. The fraction of sp³-hybridized carbons (Fsp3) is 0.533. The Kier molecular flexibility index (Phi) is 6.70. The maximum atomic E-state index is 12.0. The largest absolute Gasteiger partial charge is 0.293 e. The first-order chi connectivity index (χ1) is 9.75. The van der Waals surface area contributed by atoms with Gasteiger partial charge in [0.05, 0.1) is 0 Å². The number of nitrogens with zero attached hydrogens (tertiary/aromatic N) is 1. The van der Waals surface area contributed by atoms with Crippen LogP contribution in [0, 0.1) is 0 Å². The van der Waals surface area contributed by atoms with E-state index in [9.17, 15) is 4.79 Å². The molecule has 1 aromatic rings. The summed E-state index contributed by atoms with van der Waals surface area (Å²) in [5, 5.41) is 2.78. The van der Waals surface area contributed by atoms with E-state index >= 15 is 0 Å². The average Bonchev–Trinajstić information content (AvgIpc) is 2.41. The summed E-state index contributed by atoms with van der Waals surface area (Å²) in [5.74, 6) is 0.610. The zero-order valence-electron chi connectivity index (χ0n) is 11.6. The molecule has 0 saturated carbocycles. The molecule has 1 amide bonds. The Hall–Kier alpha value is -0.710. The first-order valence-electron chi connectivity index (χ1n) is 7.17. The van der Waals surface area contributed by atoms with Crippen LogP contribution in [0.4, 0.5) is 4.79 Å². The van der Waals surface area contributed by atoms with E-state index in [4.69, 9.17) is 11.6 Å². The number of carbonyl (C=O) groups is 1. The molecule has 1 heterocycles. The minimum atomic E-state index is 0.00509. The lowest BCUT2D eigenvalue weighted by molar-refractivity contribution is 0.180. The zero-order chi connectivity index (χ0) is 14.2. The summed E-state index contributed by atoms with van der Waals surface area (Å²) in [4.78, 5) is 12.0. The topological polar surface area (TPSA) is 32.3 Å². The van der Waals surface area contributed by atoms with Gasteiger partial charge in [0.2, 0.25) is 0 Å². The molecule has 0 aromatic heterocycles. The summed E-state index contributed by atoms with van der Waals surface area (Å²) in [7, 11) is 0. The average molecular weight is 313 g/mol. The molecule has 2 rings (SSSR count). The van der Waals surface area contributed by atoms with Crippen molar-refractivity contribution in [3.05, 3.63) is 34.9 Å². The predicted octanol–water partition coefficient (Wildman–Crippen LogP) is 4.46. The lowest BCUT2D eigenvalue weighted by Gasteiger charge is -2.24. The second kappa shape index (κ2) is 8.55. The van der Waals surface area contributed by atoms with E-state index in [1.807, 2.05) is 24.3 Å². The highest BCUT2D eigenvalue weighted by atomic mass is 35.5. The van der Waals surface area contributed by atoms with Crippen LogP contribution >= 0.6 is 23.4 Å². The normalized spacial score (nSPS) is 17.2. The van der Waals surface area contributed by atoms with E-state index in [1.54, 1.807) is 0 Å². The van der Waals surface area contributed by atoms with Gasteiger partial charge in [0, 0.05) is 23.9 Å². The zero-order valence-corrected chi connectivity index (χ0v) is 13.2. The Bertz CT molecular complexity index is 434. The molecule has 1 fully saturated rings. The molecule has 0 aliphatic carbocycles. The van der Waals surface area contributed by atoms with Gasteiger partial charge in [-0.05, 0) is 24.5 Å². The van der Waals surface area contributed by atoms with Gasteiger partial charge >= 0.3 is 0 Å². The quantitative estimate of drug-likeness (QED) is 0.894. The molecule has 0 unspecified atom stereocenters. The maximum Gasteiger partial charge on any atom is 0.293 e. The lowest BCUT2D eigenvalue weighted by atomic mass is 10.1. The van der Waals surface area contributed by atoms with Gasteiger partial charge in [-0.3, -0.25) is 10.2 Å². The van der Waals surface area contributed by atoms with Crippen molar-refractivity contribution in [1.82, 2.24) is 10.4 Å². The standard InChI is InChI=1S/C15H21ClN2OS/c16-14-9-5-4-8-13(14)12-20-15(19)17-18-10-6-2-1-3-7-11-18/h4-5,8-9H,1-3,6-7,10-12H2,(H,17,19). The summed E-state index contributed by atoms with van der Waals surface area (Å²) in [6.07, 6.45) is 6.17. The van der Waals surface area contributed by atoms with E-state index in [0.29, 0.717) is 5.75 Å². The summed E-state index contributed by atoms with van der Waals surface area (Å²) in [6.45, 7) is 1.91. The van der Waals surface area contributed by atoms with Gasteiger partial charge in [-0.25, -0.2) is 5.01 Å². The molecule has 0 atom stereocenters. The second-order valence-corrected chi connectivity index (χ2v) is 6.39. The van der Waals surface area contributed by atoms with Crippen molar-refractivity contribution in [3.63, 3.8) is 0 Å². The van der Waals surface area contributed by atoms with Crippen LogP contribution in [0.1, 0.15) is 37.7 Å². The molecule has 110 valence electrons. The third-order valence-electron chi connectivity index (χ3n) is 3.42. The first kappa shape index (κ1) is 15.7. The van der Waals surface area contributed by atoms with Crippen LogP contribution in [-0.4, -0.2) is 23.3 Å². The molecule has 1 aliphatic heterocycles. The summed E-state index contributed by atoms with van der Waals surface area (Å²) < 4.78 is 0. The number of hydrazine groups is 1. The van der Waals surface area contributed by atoms with Crippen LogP contribution < -0.4 is 5.43 Å². The Morgan fingerprint density at radius 3 is 2.50 bits per heavy atom. The number of carbonyl (C=O) groups excluding carboxylic acids is 1. The number of benzene rings is 1. The predicted molar refractivity (Wildman–Crippen MR) is 85.9 cm³/mol. The highest BCUT2D eigenvalue weighted by Crippen LogP contribution is 2.21. The maximum absolute atomic E-state index is 12.0. The number of halogens is 1. The summed E-state index contributed by atoms with van der Waals surface area (Å²) >= 11 is 7.36. The van der Waals surface area contributed by atoms with Gasteiger partial charge in [-0.2, -0.15) is 0 Å². The van der Waals surface area contributed by atoms with Crippen molar-refractivity contribution >= 4 is 28.6 Å². The lowest BCUT2D eigenvalue weighted by Crippen LogP contribution is -2.42. The van der Waals surface area contributed by atoms with Crippen molar-refractivity contribution in [1.29, 1.82) is 0 Å². The SMILES string of the molecule is O=C(NN1CCCCCCC1)SCc1ccccc1Cl. The van der Waals surface area contributed by atoms with Gasteiger partial charge in [0.1, 0.15) is 0 Å². The fourth-order valence-corrected chi connectivity index (χ4v) is 3.29. The molecule has 5 heteroatoms. The molecule has 20 heavy (non-hydrogen) atoms. The minimum Gasteiger partial charge on any atom is -0.280 e. The van der Waals surface area contributed by atoms with Crippen LogP contribution in [0.15, 0.2) is 24.3 Å². The molecule has 0 bridgehead atoms. The molecule has 3 nitrogen and oxygen atoms in total. The Balaban J connectivity index is 1.75. The molecule has 1 saturated heterocycles. The monoisotopic (exact) mass is 312 g/mol. The van der Waals surface area contributed by atoms with E-state index in [2.05, 4.69) is 10.4 Å². The Morgan fingerprint density at radius 2 is 1.80 bits per heavy atom. The number of hydrogen-bond acceptors (Lipinski definition) is 3. The van der Waals surface area contributed by atoms with Crippen molar-refractivity contribution in [3.8, 4) is 0 Å². The van der Waals surface area contributed by atoms with Crippen molar-refractivity contribution in [2.24, 2.45) is 0 Å². The summed E-state index contributed by atoms with van der Waals surface area (Å²) in [5.41, 5.74) is 3.99. The van der Waals surface area contributed by atoms with Crippen molar-refractivity contribution in [2.45, 2.75) is 37.9 Å². The van der Waals surface area contributed by atoms with Gasteiger partial charge in [0.15, 0.2) is 0 Å². The number of amides is 1. The van der Waals surface area contributed by atoms with Crippen LogP contribution in [0.25, 0.3) is 0 Å². The van der Waals surface area contributed by atoms with Gasteiger partial charge in [0.25, 0.3) is 5.24 Å². The van der Waals surface area contributed by atoms with Gasteiger partial charge in [-0.15, -0.1) is 0 Å². The Labute approximate surface area is 130 Å². The number of rotatable bonds is 3. The van der Waals surface area contributed by atoms with Gasteiger partial charge in [-0.1, -0.05) is 60.8 Å². The number of nitrogens with one attached hydrogen (secondary N) is 1. The van der Waals surface area contributed by atoms with Crippen LogP contribution in [-0.2, 0) is 5.75 Å². The highest BCUT2D eigenvalue weighted by molar-refractivity contribution is 8.12. The first-order valence-corrected chi connectivity index (χ1v) is 8.54. The minimum absolute atomic E-state index is 0.00509. The van der Waals surface area contributed by atoms with Crippen molar-refractivity contribution in [2.75, 3.05) is 13.1 Å².